The molecule has 0 unspecified atom stereocenters. The number of benzene rings is 2. The van der Waals surface area contributed by atoms with Crippen LogP contribution in [0.25, 0.3) is 0 Å². The van der Waals surface area contributed by atoms with E-state index >= 15 is 0 Å². The van der Waals surface area contributed by atoms with E-state index in [0.29, 0.717) is 24.4 Å². The zero-order chi connectivity index (χ0) is 15.9. The molecule has 0 heterocycles. The summed E-state index contributed by atoms with van der Waals surface area (Å²) >= 11 is 0. The Balaban J connectivity index is 0.00000264. The second kappa shape index (κ2) is 9.06. The maximum Gasteiger partial charge on any atom is 0.251 e. The molecule has 0 spiro atoms. The van der Waals surface area contributed by atoms with Gasteiger partial charge in [-0.05, 0) is 48.7 Å². The molecule has 0 aliphatic rings. The molecule has 5 heteroatoms. The van der Waals surface area contributed by atoms with E-state index in [1.807, 2.05) is 37.3 Å². The molecule has 23 heavy (non-hydrogen) atoms. The number of amides is 1. The van der Waals surface area contributed by atoms with Crippen LogP contribution in [0.15, 0.2) is 42.5 Å². The topological polar surface area (TPSA) is 64.3 Å². The molecule has 0 radical (unpaired) electrons. The Morgan fingerprint density at radius 1 is 1.17 bits per heavy atom. The van der Waals surface area contributed by atoms with Crippen molar-refractivity contribution >= 4 is 24.0 Å². The van der Waals surface area contributed by atoms with Gasteiger partial charge in [0.1, 0.15) is 5.75 Å². The number of rotatable bonds is 6. The van der Waals surface area contributed by atoms with E-state index in [0.717, 1.165) is 23.3 Å². The fraction of sp³-hybridized carbons (Fsp3) is 0.278. The Bertz CT molecular complexity index is 642. The normalized spacial score (nSPS) is 9.83. The Kier molecular flexibility index (Phi) is 7.42. The quantitative estimate of drug-likeness (QED) is 0.791. The molecular weight excluding hydrogens is 312 g/mol. The van der Waals surface area contributed by atoms with Crippen LogP contribution >= 0.6 is 12.4 Å². The van der Waals surface area contributed by atoms with Crippen LogP contribution in [0.4, 0.5) is 5.69 Å². The third-order valence-corrected chi connectivity index (χ3v) is 3.36. The molecular formula is C18H23ClN2O2. The van der Waals surface area contributed by atoms with Gasteiger partial charge in [0.15, 0.2) is 0 Å². The van der Waals surface area contributed by atoms with Gasteiger partial charge in [0.25, 0.3) is 5.91 Å². The number of hydrogen-bond donors (Lipinski definition) is 2. The minimum Gasteiger partial charge on any atom is -0.494 e. The Morgan fingerprint density at radius 2 is 1.87 bits per heavy atom. The number of nitrogens with two attached hydrogens (primary N) is 1. The number of nitrogens with one attached hydrogen (secondary N) is 1. The van der Waals surface area contributed by atoms with Crippen molar-refractivity contribution in [2.75, 3.05) is 12.3 Å². The average molecular weight is 335 g/mol. The van der Waals surface area contributed by atoms with Gasteiger partial charge in [-0.25, -0.2) is 0 Å². The zero-order valence-electron chi connectivity index (χ0n) is 13.5. The summed E-state index contributed by atoms with van der Waals surface area (Å²) in [6, 6.07) is 13.1. The van der Waals surface area contributed by atoms with Crippen LogP contribution in [0.5, 0.6) is 5.75 Å². The van der Waals surface area contributed by atoms with E-state index in [1.165, 1.54) is 0 Å². The molecule has 2 rings (SSSR count). The molecule has 2 aromatic carbocycles. The highest BCUT2D eigenvalue weighted by atomic mass is 35.5. The van der Waals surface area contributed by atoms with Gasteiger partial charge in [0.2, 0.25) is 0 Å². The summed E-state index contributed by atoms with van der Waals surface area (Å²) in [5.74, 6) is 0.736. The van der Waals surface area contributed by atoms with Gasteiger partial charge in [-0.2, -0.15) is 0 Å². The lowest BCUT2D eigenvalue weighted by Gasteiger charge is -2.09. The lowest BCUT2D eigenvalue weighted by Crippen LogP contribution is -2.23. The van der Waals surface area contributed by atoms with Crippen molar-refractivity contribution in [1.29, 1.82) is 0 Å². The van der Waals surface area contributed by atoms with Gasteiger partial charge >= 0.3 is 0 Å². The predicted molar refractivity (Wildman–Crippen MR) is 96.2 cm³/mol. The highest BCUT2D eigenvalue weighted by Crippen LogP contribution is 2.14. The van der Waals surface area contributed by atoms with Crippen molar-refractivity contribution in [3.05, 3.63) is 59.2 Å². The smallest absolute Gasteiger partial charge is 0.251 e. The molecule has 0 saturated heterocycles. The van der Waals surface area contributed by atoms with Crippen molar-refractivity contribution in [1.82, 2.24) is 5.32 Å². The number of aryl methyl sites for hydroxylation is 1. The van der Waals surface area contributed by atoms with Crippen LogP contribution in [0, 0.1) is 6.92 Å². The first-order valence-electron chi connectivity index (χ1n) is 7.46. The third-order valence-electron chi connectivity index (χ3n) is 3.36. The second-order valence-electron chi connectivity index (χ2n) is 5.25. The van der Waals surface area contributed by atoms with Gasteiger partial charge in [-0.3, -0.25) is 4.79 Å². The summed E-state index contributed by atoms with van der Waals surface area (Å²) in [5, 5.41) is 2.91. The Morgan fingerprint density at radius 3 is 2.52 bits per heavy atom. The number of halogens is 1. The molecule has 2 aromatic rings. The number of carbonyl (C=O) groups excluding carboxylic acids is 1. The zero-order valence-corrected chi connectivity index (χ0v) is 14.3. The number of hydrogen-bond acceptors (Lipinski definition) is 3. The molecule has 0 aromatic heterocycles. The van der Waals surface area contributed by atoms with Crippen LogP contribution in [-0.4, -0.2) is 12.5 Å². The Hall–Kier alpha value is -2.20. The average Bonchev–Trinajstić information content (AvgIpc) is 2.54. The van der Waals surface area contributed by atoms with Crippen molar-refractivity contribution in [3.63, 3.8) is 0 Å². The molecule has 0 aliphatic carbocycles. The number of ether oxygens (including phenoxy) is 1. The molecule has 0 saturated carbocycles. The molecule has 4 nitrogen and oxygen atoms in total. The van der Waals surface area contributed by atoms with E-state index < -0.39 is 0 Å². The first-order valence-corrected chi connectivity index (χ1v) is 7.46. The van der Waals surface area contributed by atoms with Gasteiger partial charge in [-0.1, -0.05) is 25.1 Å². The van der Waals surface area contributed by atoms with Crippen molar-refractivity contribution in [2.45, 2.75) is 26.8 Å². The van der Waals surface area contributed by atoms with E-state index in [2.05, 4.69) is 12.2 Å². The molecule has 124 valence electrons. The summed E-state index contributed by atoms with van der Waals surface area (Å²) in [4.78, 5) is 12.2. The second-order valence-corrected chi connectivity index (χ2v) is 5.25. The number of anilines is 1. The van der Waals surface area contributed by atoms with Crippen LogP contribution in [0.1, 0.15) is 34.8 Å². The third kappa shape index (κ3) is 5.49. The number of nitrogen functional groups attached to an aromatic ring is 1. The lowest BCUT2D eigenvalue weighted by atomic mass is 10.1. The molecule has 0 atom stereocenters. The molecule has 3 N–H and O–H groups in total. The maximum absolute atomic E-state index is 12.2. The van der Waals surface area contributed by atoms with Crippen molar-refractivity contribution in [3.8, 4) is 5.75 Å². The van der Waals surface area contributed by atoms with E-state index in [1.54, 1.807) is 12.1 Å². The molecule has 1 amide bonds. The fourth-order valence-corrected chi connectivity index (χ4v) is 2.09. The first kappa shape index (κ1) is 18.8. The predicted octanol–water partition coefficient (Wildman–Crippen LogP) is 3.72. The minimum atomic E-state index is -0.115. The standard InChI is InChI=1S/C18H22N2O2.ClH/c1-3-10-22-16-8-5-14(6-9-16)12-20-18(21)17-11-15(19)7-4-13(17)2;/h4-9,11H,3,10,12,19H2,1-2H3,(H,20,21);1H. The summed E-state index contributed by atoms with van der Waals surface area (Å²) in [5.41, 5.74) is 8.88. The van der Waals surface area contributed by atoms with Crippen molar-refractivity contribution in [2.24, 2.45) is 0 Å². The van der Waals surface area contributed by atoms with Crippen LogP contribution in [0.3, 0.4) is 0 Å². The van der Waals surface area contributed by atoms with Crippen molar-refractivity contribution < 1.29 is 9.53 Å². The minimum absolute atomic E-state index is 0. The van der Waals surface area contributed by atoms with E-state index in [4.69, 9.17) is 10.5 Å². The summed E-state index contributed by atoms with van der Waals surface area (Å²) in [6.07, 6.45) is 0.983. The highest BCUT2D eigenvalue weighted by molar-refractivity contribution is 5.96. The summed E-state index contributed by atoms with van der Waals surface area (Å²) < 4.78 is 5.53. The molecule has 0 bridgehead atoms. The van der Waals surface area contributed by atoms with E-state index in [9.17, 15) is 4.79 Å². The summed E-state index contributed by atoms with van der Waals surface area (Å²) in [7, 11) is 0. The van der Waals surface area contributed by atoms with Gasteiger partial charge in [0, 0.05) is 17.8 Å². The Labute approximate surface area is 143 Å². The van der Waals surface area contributed by atoms with Gasteiger partial charge < -0.3 is 15.8 Å². The monoisotopic (exact) mass is 334 g/mol. The lowest BCUT2D eigenvalue weighted by molar-refractivity contribution is 0.0950. The largest absolute Gasteiger partial charge is 0.494 e. The molecule has 0 fully saturated rings. The summed E-state index contributed by atoms with van der Waals surface area (Å²) in [6.45, 7) is 5.16. The fourth-order valence-electron chi connectivity index (χ4n) is 2.09. The van der Waals surface area contributed by atoms with Crippen LogP contribution < -0.4 is 15.8 Å². The first-order chi connectivity index (χ1) is 10.6. The maximum atomic E-state index is 12.2. The van der Waals surface area contributed by atoms with E-state index in [-0.39, 0.29) is 18.3 Å². The van der Waals surface area contributed by atoms with Gasteiger partial charge in [0.05, 0.1) is 6.61 Å². The number of carbonyl (C=O) groups is 1. The van der Waals surface area contributed by atoms with Crippen LogP contribution in [-0.2, 0) is 6.54 Å². The highest BCUT2D eigenvalue weighted by Gasteiger charge is 2.09. The van der Waals surface area contributed by atoms with Crippen LogP contribution in [0.2, 0.25) is 0 Å². The SMILES string of the molecule is CCCOc1ccc(CNC(=O)c2cc(N)ccc2C)cc1.Cl. The molecule has 0 aliphatic heterocycles. The van der Waals surface area contributed by atoms with Gasteiger partial charge in [-0.15, -0.1) is 12.4 Å².